The van der Waals surface area contributed by atoms with Gasteiger partial charge in [-0.1, -0.05) is 23.8 Å². The Hall–Kier alpha value is -2.88. The molecule has 4 amide bonds. The Morgan fingerprint density at radius 1 is 1.19 bits per heavy atom. The maximum atomic E-state index is 13.7. The number of benzene rings is 1. The quantitative estimate of drug-likeness (QED) is 0.800. The van der Waals surface area contributed by atoms with Crippen molar-refractivity contribution in [3.05, 3.63) is 52.2 Å². The Morgan fingerprint density at radius 2 is 1.85 bits per heavy atom. The average Bonchev–Trinajstić information content (AvgIpc) is 3.16. The molecule has 0 aliphatic carbocycles. The Balaban J connectivity index is 2.00. The van der Waals surface area contributed by atoms with Crippen LogP contribution in [-0.4, -0.2) is 29.7 Å². The van der Waals surface area contributed by atoms with Gasteiger partial charge in [0, 0.05) is 0 Å². The van der Waals surface area contributed by atoms with Crippen molar-refractivity contribution >= 4 is 34.9 Å². The first kappa shape index (κ1) is 17.9. The Morgan fingerprint density at radius 3 is 2.38 bits per heavy atom. The number of amides is 4. The van der Waals surface area contributed by atoms with Crippen molar-refractivity contribution in [1.29, 1.82) is 0 Å². The van der Waals surface area contributed by atoms with E-state index in [2.05, 4.69) is 0 Å². The molecule has 1 aromatic heterocycles. The van der Waals surface area contributed by atoms with Gasteiger partial charge in [-0.3, -0.25) is 14.9 Å². The van der Waals surface area contributed by atoms with Crippen molar-refractivity contribution in [2.75, 3.05) is 4.90 Å². The molecule has 136 valence electrons. The van der Waals surface area contributed by atoms with Crippen molar-refractivity contribution in [1.82, 2.24) is 10.6 Å². The molecule has 1 unspecified atom stereocenters. The molecule has 2 heterocycles. The number of anilines is 1. The molecule has 1 aliphatic heterocycles. The predicted molar refractivity (Wildman–Crippen MR) is 87.8 cm³/mol. The third-order valence-corrected chi connectivity index (χ3v) is 4.65. The van der Waals surface area contributed by atoms with E-state index < -0.39 is 29.7 Å². The van der Waals surface area contributed by atoms with Gasteiger partial charge in [-0.2, -0.15) is 13.2 Å². The molecular formula is C16H12F3N3O3S. The van der Waals surface area contributed by atoms with Gasteiger partial charge in [0.1, 0.15) is 0 Å². The molecule has 1 saturated heterocycles. The minimum absolute atomic E-state index is 0.0236. The van der Waals surface area contributed by atoms with Crippen LogP contribution in [-0.2, 0) is 4.79 Å². The normalized spacial score (nSPS) is 20.2. The number of nitrogens with one attached hydrogen (secondary N) is 2. The van der Waals surface area contributed by atoms with Gasteiger partial charge < -0.3 is 5.32 Å². The average molecular weight is 383 g/mol. The van der Waals surface area contributed by atoms with Crippen LogP contribution in [0.4, 0.5) is 23.7 Å². The maximum Gasteiger partial charge on any atom is 0.440 e. The molecule has 10 heteroatoms. The number of thiophene rings is 1. The van der Waals surface area contributed by atoms with Crippen LogP contribution in [0.3, 0.4) is 0 Å². The van der Waals surface area contributed by atoms with Crippen LogP contribution in [0.2, 0.25) is 0 Å². The molecule has 6 nitrogen and oxygen atoms in total. The highest BCUT2D eigenvalue weighted by Crippen LogP contribution is 2.36. The van der Waals surface area contributed by atoms with Crippen molar-refractivity contribution in [3.8, 4) is 0 Å². The van der Waals surface area contributed by atoms with Crippen molar-refractivity contribution < 1.29 is 27.6 Å². The summed E-state index contributed by atoms with van der Waals surface area (Å²) in [5, 5.41) is 4.75. The number of hydrogen-bond acceptors (Lipinski definition) is 4. The zero-order valence-electron chi connectivity index (χ0n) is 13.3. The molecule has 1 fully saturated rings. The molecule has 26 heavy (non-hydrogen) atoms. The summed E-state index contributed by atoms with van der Waals surface area (Å²) in [6.07, 6.45) is -5.24. The fourth-order valence-electron chi connectivity index (χ4n) is 2.45. The summed E-state index contributed by atoms with van der Waals surface area (Å²) in [5.41, 5.74) is -2.76. The van der Waals surface area contributed by atoms with Crippen LogP contribution in [0, 0.1) is 6.92 Å². The highest BCUT2D eigenvalue weighted by molar-refractivity contribution is 7.12. The molecule has 1 aliphatic rings. The molecule has 0 spiro atoms. The Kier molecular flexibility index (Phi) is 4.23. The van der Waals surface area contributed by atoms with Crippen LogP contribution in [0.15, 0.2) is 41.8 Å². The first-order chi connectivity index (χ1) is 12.2. The van der Waals surface area contributed by atoms with E-state index in [0.29, 0.717) is 4.90 Å². The fraction of sp³-hybridized carbons (Fsp3) is 0.188. The van der Waals surface area contributed by atoms with Gasteiger partial charge in [0.2, 0.25) is 0 Å². The van der Waals surface area contributed by atoms with Crippen LogP contribution < -0.4 is 15.5 Å². The van der Waals surface area contributed by atoms with Gasteiger partial charge in [-0.05, 0) is 30.5 Å². The number of carbonyl (C=O) groups excluding carboxylic acids is 3. The molecular weight excluding hydrogens is 371 g/mol. The van der Waals surface area contributed by atoms with E-state index in [1.807, 2.05) is 0 Å². The van der Waals surface area contributed by atoms with E-state index in [1.165, 1.54) is 29.6 Å². The number of alkyl halides is 3. The molecule has 0 bridgehead atoms. The molecule has 0 radical (unpaired) electrons. The maximum absolute atomic E-state index is 13.7. The molecule has 3 rings (SSSR count). The van der Waals surface area contributed by atoms with E-state index in [9.17, 15) is 27.6 Å². The summed E-state index contributed by atoms with van der Waals surface area (Å²) in [5.74, 6) is -2.74. The molecule has 1 atom stereocenters. The zero-order chi connectivity index (χ0) is 19.1. The fourth-order valence-corrected chi connectivity index (χ4v) is 3.06. The SMILES string of the molecule is Cc1ccc(N2C(=O)NC(NC(=O)c3cccs3)(C(F)(F)F)C2=O)cc1. The third-order valence-electron chi connectivity index (χ3n) is 3.78. The van der Waals surface area contributed by atoms with E-state index in [1.54, 1.807) is 29.7 Å². The molecule has 1 aromatic carbocycles. The third kappa shape index (κ3) is 2.81. The van der Waals surface area contributed by atoms with Gasteiger partial charge in [0.25, 0.3) is 17.5 Å². The predicted octanol–water partition coefficient (Wildman–Crippen LogP) is 2.80. The lowest BCUT2D eigenvalue weighted by atomic mass is 10.1. The number of rotatable bonds is 3. The second-order valence-electron chi connectivity index (χ2n) is 5.59. The van der Waals surface area contributed by atoms with Crippen LogP contribution >= 0.6 is 11.3 Å². The van der Waals surface area contributed by atoms with Gasteiger partial charge in [0.05, 0.1) is 10.6 Å². The number of urea groups is 1. The number of carbonyl (C=O) groups is 3. The lowest BCUT2D eigenvalue weighted by molar-refractivity contribution is -0.197. The smallest absolute Gasteiger partial charge is 0.313 e. The van der Waals surface area contributed by atoms with Gasteiger partial charge in [-0.25, -0.2) is 9.69 Å². The van der Waals surface area contributed by atoms with Gasteiger partial charge in [-0.15, -0.1) is 11.3 Å². The first-order valence-electron chi connectivity index (χ1n) is 7.32. The zero-order valence-corrected chi connectivity index (χ0v) is 14.1. The minimum Gasteiger partial charge on any atom is -0.313 e. The summed E-state index contributed by atoms with van der Waals surface area (Å²) in [7, 11) is 0. The summed E-state index contributed by atoms with van der Waals surface area (Å²) in [6.45, 7) is 1.75. The summed E-state index contributed by atoms with van der Waals surface area (Å²) in [6, 6.07) is 7.31. The number of halogens is 3. The largest absolute Gasteiger partial charge is 0.440 e. The van der Waals surface area contributed by atoms with Gasteiger partial charge >= 0.3 is 12.2 Å². The monoisotopic (exact) mass is 383 g/mol. The van der Waals surface area contributed by atoms with E-state index in [0.717, 1.165) is 16.9 Å². The molecule has 0 saturated carbocycles. The number of aryl methyl sites for hydroxylation is 1. The minimum atomic E-state index is -5.24. The number of hydrogen-bond donors (Lipinski definition) is 2. The Bertz CT molecular complexity index is 865. The summed E-state index contributed by atoms with van der Waals surface area (Å²) in [4.78, 5) is 37.2. The number of nitrogens with zero attached hydrogens (tertiary/aromatic N) is 1. The topological polar surface area (TPSA) is 78.5 Å². The van der Waals surface area contributed by atoms with Crippen molar-refractivity contribution in [3.63, 3.8) is 0 Å². The van der Waals surface area contributed by atoms with Crippen LogP contribution in [0.25, 0.3) is 0 Å². The lowest BCUT2D eigenvalue weighted by Crippen LogP contribution is -2.69. The second kappa shape index (κ2) is 6.13. The molecule has 2 aromatic rings. The van der Waals surface area contributed by atoms with E-state index >= 15 is 0 Å². The lowest BCUT2D eigenvalue weighted by Gasteiger charge is -2.29. The number of imide groups is 1. The van der Waals surface area contributed by atoms with Gasteiger partial charge in [0.15, 0.2) is 0 Å². The van der Waals surface area contributed by atoms with E-state index in [4.69, 9.17) is 0 Å². The van der Waals surface area contributed by atoms with E-state index in [-0.39, 0.29) is 10.6 Å². The highest BCUT2D eigenvalue weighted by Gasteiger charge is 2.69. The first-order valence-corrected chi connectivity index (χ1v) is 8.20. The molecule has 2 N–H and O–H groups in total. The van der Waals surface area contributed by atoms with Crippen molar-refractivity contribution in [2.24, 2.45) is 0 Å². The van der Waals surface area contributed by atoms with Crippen molar-refractivity contribution in [2.45, 2.75) is 18.8 Å². The summed E-state index contributed by atoms with van der Waals surface area (Å²) >= 11 is 0.908. The standard InChI is InChI=1S/C16H12F3N3O3S/c1-9-4-6-10(7-5-9)22-13(24)15(16(17,18)19,21-14(22)25)20-12(23)11-3-2-8-26-11/h2-8H,1H3,(H,20,23)(H,21,25). The van der Waals surface area contributed by atoms with Crippen LogP contribution in [0.5, 0.6) is 0 Å². The van der Waals surface area contributed by atoms with Crippen LogP contribution in [0.1, 0.15) is 15.2 Å². The highest BCUT2D eigenvalue weighted by atomic mass is 32.1. The second-order valence-corrected chi connectivity index (χ2v) is 6.53. The summed E-state index contributed by atoms with van der Waals surface area (Å²) < 4.78 is 41.2. The Labute approximate surface area is 149 Å².